The van der Waals surface area contributed by atoms with Gasteiger partial charge in [-0.25, -0.2) is 0 Å². The SMILES string of the molecule is CCCN1C(=O)CCc2cc(NC(=O)CC3(O)CCCC3)ccc21. The highest BCUT2D eigenvalue weighted by Crippen LogP contribution is 2.33. The van der Waals surface area contributed by atoms with Crippen molar-refractivity contribution in [3.63, 3.8) is 0 Å². The summed E-state index contributed by atoms with van der Waals surface area (Å²) in [6.07, 6.45) is 5.70. The van der Waals surface area contributed by atoms with Crippen LogP contribution in [0, 0.1) is 0 Å². The van der Waals surface area contributed by atoms with E-state index in [1.807, 2.05) is 23.1 Å². The Morgan fingerprint density at radius 3 is 2.75 bits per heavy atom. The zero-order chi connectivity index (χ0) is 17.2. The minimum absolute atomic E-state index is 0.142. The van der Waals surface area contributed by atoms with Crippen LogP contribution in [0.3, 0.4) is 0 Å². The van der Waals surface area contributed by atoms with Crippen LogP contribution in [-0.4, -0.2) is 29.1 Å². The number of aliphatic hydroxyl groups is 1. The van der Waals surface area contributed by atoms with Crippen LogP contribution < -0.4 is 10.2 Å². The Hall–Kier alpha value is -1.88. The van der Waals surface area contributed by atoms with Gasteiger partial charge in [0.25, 0.3) is 0 Å². The second-order valence-electron chi connectivity index (χ2n) is 7.05. The van der Waals surface area contributed by atoms with Crippen molar-refractivity contribution in [3.8, 4) is 0 Å². The highest BCUT2D eigenvalue weighted by Gasteiger charge is 2.33. The number of nitrogens with zero attached hydrogens (tertiary/aromatic N) is 1. The number of hydrogen-bond donors (Lipinski definition) is 2. The number of rotatable bonds is 5. The standard InChI is InChI=1S/C19H26N2O3/c1-2-11-21-16-7-6-15(12-14(16)5-8-18(21)23)20-17(22)13-19(24)9-3-4-10-19/h6-7,12,24H,2-5,8-11,13H2,1H3,(H,20,22). The van der Waals surface area contributed by atoms with Crippen LogP contribution in [0.1, 0.15) is 57.4 Å². The van der Waals surface area contributed by atoms with E-state index in [2.05, 4.69) is 12.2 Å². The fraction of sp³-hybridized carbons (Fsp3) is 0.579. The Balaban J connectivity index is 1.69. The van der Waals surface area contributed by atoms with Gasteiger partial charge in [0.2, 0.25) is 11.8 Å². The average molecular weight is 330 g/mol. The number of hydrogen-bond acceptors (Lipinski definition) is 3. The first-order chi connectivity index (χ1) is 11.5. The molecular weight excluding hydrogens is 304 g/mol. The summed E-state index contributed by atoms with van der Waals surface area (Å²) in [4.78, 5) is 26.1. The summed E-state index contributed by atoms with van der Waals surface area (Å²) in [7, 11) is 0. The average Bonchev–Trinajstić information content (AvgIpc) is 2.96. The van der Waals surface area contributed by atoms with Crippen molar-refractivity contribution >= 4 is 23.2 Å². The molecule has 130 valence electrons. The molecule has 5 heteroatoms. The lowest BCUT2D eigenvalue weighted by atomic mass is 9.97. The maximum absolute atomic E-state index is 12.2. The second kappa shape index (κ2) is 6.93. The predicted molar refractivity (Wildman–Crippen MR) is 94.1 cm³/mol. The van der Waals surface area contributed by atoms with Gasteiger partial charge in [-0.05, 0) is 49.4 Å². The smallest absolute Gasteiger partial charge is 0.227 e. The molecule has 2 aliphatic rings. The van der Waals surface area contributed by atoms with E-state index in [-0.39, 0.29) is 18.2 Å². The molecule has 0 saturated heterocycles. The number of aryl methyl sites for hydroxylation is 1. The molecule has 1 heterocycles. The van der Waals surface area contributed by atoms with E-state index in [9.17, 15) is 14.7 Å². The van der Waals surface area contributed by atoms with E-state index < -0.39 is 5.60 Å². The Kier molecular flexibility index (Phi) is 4.90. The van der Waals surface area contributed by atoms with Crippen molar-refractivity contribution in [2.75, 3.05) is 16.8 Å². The van der Waals surface area contributed by atoms with Crippen molar-refractivity contribution in [1.29, 1.82) is 0 Å². The predicted octanol–water partition coefficient (Wildman–Crippen LogP) is 3.01. The van der Waals surface area contributed by atoms with Gasteiger partial charge in [0.15, 0.2) is 0 Å². The van der Waals surface area contributed by atoms with E-state index in [4.69, 9.17) is 0 Å². The van der Waals surface area contributed by atoms with Crippen LogP contribution in [0.5, 0.6) is 0 Å². The molecule has 3 rings (SSSR count). The Bertz CT molecular complexity index is 635. The van der Waals surface area contributed by atoms with Crippen LogP contribution in [-0.2, 0) is 16.0 Å². The molecule has 1 fully saturated rings. The molecule has 1 saturated carbocycles. The van der Waals surface area contributed by atoms with Crippen LogP contribution in [0.4, 0.5) is 11.4 Å². The first-order valence-corrected chi connectivity index (χ1v) is 8.96. The number of carbonyl (C=O) groups is 2. The Morgan fingerprint density at radius 2 is 2.04 bits per heavy atom. The number of fused-ring (bicyclic) bond motifs is 1. The fourth-order valence-electron chi connectivity index (χ4n) is 3.82. The third-order valence-corrected chi connectivity index (χ3v) is 5.03. The number of amides is 2. The first-order valence-electron chi connectivity index (χ1n) is 8.96. The molecule has 1 aromatic rings. The van der Waals surface area contributed by atoms with Gasteiger partial charge in [0.05, 0.1) is 12.0 Å². The second-order valence-corrected chi connectivity index (χ2v) is 7.05. The lowest BCUT2D eigenvalue weighted by Crippen LogP contribution is -2.35. The molecule has 0 spiro atoms. The summed E-state index contributed by atoms with van der Waals surface area (Å²) in [5.74, 6) is 0.0289. The molecule has 0 bridgehead atoms. The summed E-state index contributed by atoms with van der Waals surface area (Å²) in [6.45, 7) is 2.79. The summed E-state index contributed by atoms with van der Waals surface area (Å²) in [5.41, 5.74) is 1.97. The fourth-order valence-corrected chi connectivity index (χ4v) is 3.82. The number of nitrogens with one attached hydrogen (secondary N) is 1. The molecule has 5 nitrogen and oxygen atoms in total. The molecular formula is C19H26N2O3. The maximum Gasteiger partial charge on any atom is 0.227 e. The van der Waals surface area contributed by atoms with Gasteiger partial charge >= 0.3 is 0 Å². The van der Waals surface area contributed by atoms with E-state index in [0.29, 0.717) is 25.7 Å². The monoisotopic (exact) mass is 330 g/mol. The van der Waals surface area contributed by atoms with Gasteiger partial charge in [-0.3, -0.25) is 9.59 Å². The highest BCUT2D eigenvalue weighted by atomic mass is 16.3. The number of carbonyl (C=O) groups excluding carboxylic acids is 2. The summed E-state index contributed by atoms with van der Waals surface area (Å²) in [6, 6.07) is 5.72. The Labute approximate surface area is 143 Å². The first kappa shape index (κ1) is 17.0. The molecule has 0 atom stereocenters. The van der Waals surface area contributed by atoms with Gasteiger partial charge in [-0.1, -0.05) is 19.8 Å². The molecule has 1 aliphatic carbocycles. The summed E-state index contributed by atoms with van der Waals surface area (Å²) >= 11 is 0. The van der Waals surface area contributed by atoms with E-state index in [1.54, 1.807) is 0 Å². The van der Waals surface area contributed by atoms with Crippen LogP contribution >= 0.6 is 0 Å². The van der Waals surface area contributed by atoms with Gasteiger partial charge in [0, 0.05) is 24.3 Å². The Morgan fingerprint density at radius 1 is 1.29 bits per heavy atom. The minimum Gasteiger partial charge on any atom is -0.389 e. The lowest BCUT2D eigenvalue weighted by molar-refractivity contribution is -0.121. The molecule has 1 aliphatic heterocycles. The zero-order valence-corrected chi connectivity index (χ0v) is 14.3. The van der Waals surface area contributed by atoms with Gasteiger partial charge in [0.1, 0.15) is 0 Å². The van der Waals surface area contributed by atoms with E-state index in [1.165, 1.54) is 0 Å². The number of anilines is 2. The van der Waals surface area contributed by atoms with Gasteiger partial charge in [-0.2, -0.15) is 0 Å². The summed E-state index contributed by atoms with van der Waals surface area (Å²) < 4.78 is 0. The van der Waals surface area contributed by atoms with E-state index >= 15 is 0 Å². The molecule has 0 aromatic heterocycles. The van der Waals surface area contributed by atoms with Crippen LogP contribution in [0.25, 0.3) is 0 Å². The van der Waals surface area contributed by atoms with Crippen molar-refractivity contribution in [1.82, 2.24) is 0 Å². The summed E-state index contributed by atoms with van der Waals surface area (Å²) in [5, 5.41) is 13.2. The highest BCUT2D eigenvalue weighted by molar-refractivity contribution is 5.97. The minimum atomic E-state index is -0.831. The van der Waals surface area contributed by atoms with Crippen LogP contribution in [0.15, 0.2) is 18.2 Å². The quantitative estimate of drug-likeness (QED) is 0.872. The molecule has 2 amide bonds. The van der Waals surface area contributed by atoms with Crippen LogP contribution in [0.2, 0.25) is 0 Å². The van der Waals surface area contributed by atoms with E-state index in [0.717, 1.165) is 42.7 Å². The largest absolute Gasteiger partial charge is 0.389 e. The van der Waals surface area contributed by atoms with Crippen molar-refractivity contribution in [3.05, 3.63) is 23.8 Å². The normalized spacial score (nSPS) is 19.2. The maximum atomic E-state index is 12.2. The number of benzene rings is 1. The molecule has 0 unspecified atom stereocenters. The third-order valence-electron chi connectivity index (χ3n) is 5.03. The van der Waals surface area contributed by atoms with Crippen molar-refractivity contribution < 1.29 is 14.7 Å². The topological polar surface area (TPSA) is 69.6 Å². The molecule has 0 radical (unpaired) electrons. The lowest BCUT2D eigenvalue weighted by Gasteiger charge is -2.29. The van der Waals surface area contributed by atoms with Crippen molar-refractivity contribution in [2.45, 2.75) is 63.9 Å². The zero-order valence-electron chi connectivity index (χ0n) is 14.3. The van der Waals surface area contributed by atoms with Crippen molar-refractivity contribution in [2.24, 2.45) is 0 Å². The van der Waals surface area contributed by atoms with Gasteiger partial charge in [-0.15, -0.1) is 0 Å². The molecule has 2 N–H and O–H groups in total. The van der Waals surface area contributed by atoms with Gasteiger partial charge < -0.3 is 15.3 Å². The third kappa shape index (κ3) is 3.61. The molecule has 1 aromatic carbocycles. The molecule has 24 heavy (non-hydrogen) atoms.